The zero-order valence-corrected chi connectivity index (χ0v) is 18.1. The van der Waals surface area contributed by atoms with Gasteiger partial charge in [0, 0.05) is 6.08 Å². The molecule has 0 spiro atoms. The van der Waals surface area contributed by atoms with Gasteiger partial charge in [0.05, 0.1) is 20.3 Å². The van der Waals surface area contributed by atoms with Crippen LogP contribution in [0.15, 0.2) is 24.3 Å². The first kappa shape index (κ1) is 26.3. The van der Waals surface area contributed by atoms with E-state index in [1.54, 1.807) is 0 Å². The van der Waals surface area contributed by atoms with E-state index < -0.39 is 67.9 Å². The Morgan fingerprint density at radius 3 is 2.50 bits per heavy atom. The fourth-order valence-electron chi connectivity index (χ4n) is 3.43. The van der Waals surface area contributed by atoms with Crippen molar-refractivity contribution in [3.63, 3.8) is 0 Å². The molecule has 2 saturated heterocycles. The van der Waals surface area contributed by atoms with Crippen LogP contribution in [0.2, 0.25) is 0 Å². The Labute approximate surface area is 193 Å². The van der Waals surface area contributed by atoms with Gasteiger partial charge in [-0.3, -0.25) is 0 Å². The number of rotatable bonds is 7. The number of aliphatic hydroxyl groups is 6. The molecule has 0 amide bonds. The highest BCUT2D eigenvalue weighted by atomic mass is 16.7. The minimum atomic E-state index is -1.76. The van der Waals surface area contributed by atoms with E-state index >= 15 is 0 Å². The molecule has 2 aliphatic rings. The summed E-state index contributed by atoms with van der Waals surface area (Å²) in [5, 5.41) is 68.8. The molecule has 3 rings (SSSR count). The molecular formula is C21H28O13. The first-order valence-electron chi connectivity index (χ1n) is 10.3. The predicted octanol–water partition coefficient (Wildman–Crippen LogP) is -2.78. The first-order chi connectivity index (χ1) is 16.1. The third-order valence-corrected chi connectivity index (χ3v) is 5.43. The quantitative estimate of drug-likeness (QED) is 0.153. The second-order valence-electron chi connectivity index (χ2n) is 7.79. The van der Waals surface area contributed by atoms with E-state index in [2.05, 4.69) is 0 Å². The van der Waals surface area contributed by atoms with Gasteiger partial charge in [-0.15, -0.1) is 0 Å². The van der Waals surface area contributed by atoms with Crippen LogP contribution in [-0.2, 0) is 23.7 Å². The number of esters is 1. The van der Waals surface area contributed by atoms with Crippen molar-refractivity contribution in [2.45, 2.75) is 55.3 Å². The smallest absolute Gasteiger partial charge is 0.331 e. The number of ether oxygens (including phenoxy) is 5. The van der Waals surface area contributed by atoms with Gasteiger partial charge < -0.3 is 59.4 Å². The second-order valence-corrected chi connectivity index (χ2v) is 7.79. The highest BCUT2D eigenvalue weighted by Gasteiger charge is 2.45. The Hall–Kier alpha value is -2.33. The standard InChI is InChI=1S/C21H28O13/c1-30-11-6-9(2-4-10(11)22)3-5-14(23)33-12-7-31-21(19(28)16(12)25)32-8-13-15(24)17(26)18(27)20(29)34-13/h2-6,12-13,15-22,24-29H,7-8H2,1H3/b5-3+/t12-,13-,15-,16+,17+,18-,19-,20?,21+/m1/s1. The molecule has 2 aliphatic heterocycles. The number of aliphatic hydroxyl groups excluding tert-OH is 6. The molecule has 1 unspecified atom stereocenters. The molecule has 0 aromatic heterocycles. The molecule has 13 heteroatoms. The number of phenolic OH excluding ortho intramolecular Hbond substituents is 1. The molecule has 2 fully saturated rings. The van der Waals surface area contributed by atoms with Crippen LogP contribution in [0.4, 0.5) is 0 Å². The maximum atomic E-state index is 12.1. The topological polar surface area (TPSA) is 205 Å². The SMILES string of the molecule is COc1cc(/C=C/C(=O)O[C@@H]2CO[C@@H](OC[C@H]3OC(O)[C@H](O)[C@@H](O)[C@@H]3O)[C@H](O)[C@H]2O)ccc1O. The highest BCUT2D eigenvalue weighted by Crippen LogP contribution is 2.27. The van der Waals surface area contributed by atoms with E-state index in [0.29, 0.717) is 5.56 Å². The molecule has 1 aromatic rings. The average molecular weight is 488 g/mol. The molecule has 190 valence electrons. The van der Waals surface area contributed by atoms with Crippen LogP contribution in [0.3, 0.4) is 0 Å². The van der Waals surface area contributed by atoms with Crippen LogP contribution in [0, 0.1) is 0 Å². The molecule has 0 aliphatic carbocycles. The van der Waals surface area contributed by atoms with E-state index in [0.717, 1.165) is 6.08 Å². The minimum Gasteiger partial charge on any atom is -0.504 e. The molecular weight excluding hydrogens is 460 g/mol. The van der Waals surface area contributed by atoms with Gasteiger partial charge in [0.25, 0.3) is 0 Å². The summed E-state index contributed by atoms with van der Waals surface area (Å²) in [6.07, 6.45) is -11.3. The predicted molar refractivity (Wildman–Crippen MR) is 110 cm³/mol. The lowest BCUT2D eigenvalue weighted by atomic mass is 9.99. The fourth-order valence-corrected chi connectivity index (χ4v) is 3.43. The zero-order valence-electron chi connectivity index (χ0n) is 18.1. The second kappa shape index (κ2) is 11.4. The molecule has 9 atom stereocenters. The van der Waals surface area contributed by atoms with Crippen LogP contribution in [0.25, 0.3) is 6.08 Å². The summed E-state index contributed by atoms with van der Waals surface area (Å²) in [4.78, 5) is 12.1. The van der Waals surface area contributed by atoms with Gasteiger partial charge in [0.1, 0.15) is 36.6 Å². The third kappa shape index (κ3) is 6.02. The maximum Gasteiger partial charge on any atom is 0.331 e. The Balaban J connectivity index is 1.50. The summed E-state index contributed by atoms with van der Waals surface area (Å²) in [6, 6.07) is 4.42. The van der Waals surface area contributed by atoms with Crippen molar-refractivity contribution < 1.29 is 64.2 Å². The minimum absolute atomic E-state index is 0.0648. The molecule has 0 bridgehead atoms. The van der Waals surface area contributed by atoms with Crippen molar-refractivity contribution in [2.75, 3.05) is 20.3 Å². The Morgan fingerprint density at radius 2 is 1.79 bits per heavy atom. The summed E-state index contributed by atoms with van der Waals surface area (Å²) in [6.45, 7) is -0.784. The number of carbonyl (C=O) groups is 1. The lowest BCUT2D eigenvalue weighted by molar-refractivity contribution is -0.312. The number of aromatic hydroxyl groups is 1. The summed E-state index contributed by atoms with van der Waals surface area (Å²) in [7, 11) is 1.38. The molecule has 7 N–H and O–H groups in total. The summed E-state index contributed by atoms with van der Waals surface area (Å²) >= 11 is 0. The van der Waals surface area contributed by atoms with Crippen molar-refractivity contribution in [1.29, 1.82) is 0 Å². The van der Waals surface area contributed by atoms with E-state index in [4.69, 9.17) is 23.7 Å². The normalized spacial score (nSPS) is 36.4. The molecule has 1 aromatic carbocycles. The Morgan fingerprint density at radius 1 is 1.06 bits per heavy atom. The maximum absolute atomic E-state index is 12.1. The van der Waals surface area contributed by atoms with Crippen LogP contribution in [0.1, 0.15) is 5.56 Å². The van der Waals surface area contributed by atoms with Crippen molar-refractivity contribution in [3.8, 4) is 11.5 Å². The summed E-state index contributed by atoms with van der Waals surface area (Å²) < 4.78 is 25.6. The van der Waals surface area contributed by atoms with Crippen LogP contribution in [-0.4, -0.2) is 117 Å². The van der Waals surface area contributed by atoms with Crippen molar-refractivity contribution in [2.24, 2.45) is 0 Å². The van der Waals surface area contributed by atoms with Gasteiger partial charge in [-0.1, -0.05) is 6.07 Å². The lowest BCUT2D eigenvalue weighted by Crippen LogP contribution is -2.60. The molecule has 13 nitrogen and oxygen atoms in total. The molecule has 34 heavy (non-hydrogen) atoms. The summed E-state index contributed by atoms with van der Waals surface area (Å²) in [5.74, 6) is -0.677. The third-order valence-electron chi connectivity index (χ3n) is 5.43. The number of benzene rings is 1. The molecule has 0 radical (unpaired) electrons. The molecule has 2 heterocycles. The monoisotopic (exact) mass is 488 g/mol. The van der Waals surface area contributed by atoms with Gasteiger partial charge in [-0.25, -0.2) is 4.79 Å². The highest BCUT2D eigenvalue weighted by molar-refractivity contribution is 5.87. The van der Waals surface area contributed by atoms with Gasteiger partial charge in [-0.05, 0) is 23.8 Å². The van der Waals surface area contributed by atoms with E-state index in [9.17, 15) is 40.5 Å². The number of phenols is 1. The Bertz CT molecular complexity index is 861. The molecule has 0 saturated carbocycles. The summed E-state index contributed by atoms with van der Waals surface area (Å²) in [5.41, 5.74) is 0.537. The number of hydrogen-bond donors (Lipinski definition) is 7. The number of hydrogen-bond acceptors (Lipinski definition) is 13. The van der Waals surface area contributed by atoms with E-state index in [-0.39, 0.29) is 18.1 Å². The van der Waals surface area contributed by atoms with Crippen molar-refractivity contribution in [1.82, 2.24) is 0 Å². The van der Waals surface area contributed by atoms with Crippen molar-refractivity contribution >= 4 is 12.0 Å². The largest absolute Gasteiger partial charge is 0.504 e. The van der Waals surface area contributed by atoms with E-state index in [1.165, 1.54) is 31.4 Å². The van der Waals surface area contributed by atoms with Gasteiger partial charge in [-0.2, -0.15) is 0 Å². The van der Waals surface area contributed by atoms with Crippen molar-refractivity contribution in [3.05, 3.63) is 29.8 Å². The first-order valence-corrected chi connectivity index (χ1v) is 10.3. The Kier molecular flexibility index (Phi) is 8.81. The lowest BCUT2D eigenvalue weighted by Gasteiger charge is -2.40. The van der Waals surface area contributed by atoms with Crippen LogP contribution >= 0.6 is 0 Å². The number of carbonyl (C=O) groups excluding carboxylic acids is 1. The van der Waals surface area contributed by atoms with Gasteiger partial charge in [0.15, 0.2) is 30.2 Å². The fraction of sp³-hybridized carbons (Fsp3) is 0.571. The van der Waals surface area contributed by atoms with E-state index in [1.807, 2.05) is 0 Å². The number of methoxy groups -OCH3 is 1. The van der Waals surface area contributed by atoms with Crippen LogP contribution in [0.5, 0.6) is 11.5 Å². The zero-order chi connectivity index (χ0) is 25.0. The van der Waals surface area contributed by atoms with Crippen LogP contribution < -0.4 is 4.74 Å². The van der Waals surface area contributed by atoms with Gasteiger partial charge in [0.2, 0.25) is 0 Å². The van der Waals surface area contributed by atoms with Gasteiger partial charge >= 0.3 is 5.97 Å². The average Bonchev–Trinajstić information content (AvgIpc) is 2.82.